The smallest absolute Gasteiger partial charge is 0.410 e. The third-order valence-electron chi connectivity index (χ3n) is 5.17. The van der Waals surface area contributed by atoms with E-state index in [9.17, 15) is 9.59 Å². The first-order chi connectivity index (χ1) is 14.7. The summed E-state index contributed by atoms with van der Waals surface area (Å²) in [5.74, 6) is 0.378. The van der Waals surface area contributed by atoms with Gasteiger partial charge < -0.3 is 15.0 Å². The molecular weight excluding hydrogens is 398 g/mol. The molecule has 1 aliphatic rings. The summed E-state index contributed by atoms with van der Waals surface area (Å²) >= 11 is 1.60. The summed E-state index contributed by atoms with van der Waals surface area (Å²) in [6.07, 6.45) is 2.58. The van der Waals surface area contributed by atoms with Crippen molar-refractivity contribution in [3.05, 3.63) is 82.8 Å². The average molecular weight is 422 g/mol. The number of hydrogen-bond acceptors (Lipinski definition) is 5. The van der Waals surface area contributed by atoms with E-state index in [1.165, 1.54) is 0 Å². The summed E-state index contributed by atoms with van der Waals surface area (Å²) in [5.41, 5.74) is 0.817. The normalized spacial score (nSPS) is 15.4. The molecule has 0 aliphatic carbocycles. The number of carbonyl (C=O) groups is 2. The number of benzene rings is 1. The Kier molecular flexibility index (Phi) is 6.39. The second-order valence-electron chi connectivity index (χ2n) is 7.15. The van der Waals surface area contributed by atoms with Gasteiger partial charge in [0.25, 0.3) is 0 Å². The van der Waals surface area contributed by atoms with Crippen LogP contribution in [0.1, 0.15) is 29.5 Å². The molecule has 30 heavy (non-hydrogen) atoms. The molecule has 7 heteroatoms. The number of para-hydroxylation sites is 1. The molecule has 4 rings (SSSR count). The third kappa shape index (κ3) is 4.86. The minimum Gasteiger partial charge on any atom is -0.410 e. The molecule has 3 aromatic rings. The molecule has 1 aromatic carbocycles. The first-order valence-electron chi connectivity index (χ1n) is 9.97. The SMILES string of the molecule is O=C(NC(c1ccccn1)c1cccs1)C1CCN(C(=O)Oc2ccccc2)CC1. The van der Waals surface area contributed by atoms with E-state index in [0.717, 1.165) is 10.6 Å². The van der Waals surface area contributed by atoms with Gasteiger partial charge in [0.15, 0.2) is 0 Å². The van der Waals surface area contributed by atoms with Gasteiger partial charge >= 0.3 is 6.09 Å². The molecule has 1 atom stereocenters. The number of thiophene rings is 1. The number of nitrogens with one attached hydrogen (secondary N) is 1. The maximum Gasteiger partial charge on any atom is 0.415 e. The Hall–Kier alpha value is -3.19. The molecule has 1 N–H and O–H groups in total. The van der Waals surface area contributed by atoms with E-state index in [4.69, 9.17) is 4.74 Å². The highest BCUT2D eigenvalue weighted by Gasteiger charge is 2.30. The Labute approximate surface area is 179 Å². The number of carbonyl (C=O) groups excluding carboxylic acids is 2. The third-order valence-corrected chi connectivity index (χ3v) is 6.11. The molecule has 0 bridgehead atoms. The van der Waals surface area contributed by atoms with Gasteiger partial charge in [0.1, 0.15) is 11.8 Å². The highest BCUT2D eigenvalue weighted by Crippen LogP contribution is 2.26. The van der Waals surface area contributed by atoms with Crippen molar-refractivity contribution in [2.24, 2.45) is 5.92 Å². The van der Waals surface area contributed by atoms with Crippen LogP contribution >= 0.6 is 11.3 Å². The van der Waals surface area contributed by atoms with E-state index in [2.05, 4.69) is 10.3 Å². The number of amides is 2. The number of hydrogen-bond donors (Lipinski definition) is 1. The van der Waals surface area contributed by atoms with E-state index in [1.54, 1.807) is 34.6 Å². The fraction of sp³-hybridized carbons (Fsp3) is 0.261. The maximum absolute atomic E-state index is 13.0. The molecule has 6 nitrogen and oxygen atoms in total. The van der Waals surface area contributed by atoms with Crippen molar-refractivity contribution >= 4 is 23.3 Å². The van der Waals surface area contributed by atoms with Crippen LogP contribution in [0, 0.1) is 5.92 Å². The number of piperidine rings is 1. The lowest BCUT2D eigenvalue weighted by Gasteiger charge is -2.31. The highest BCUT2D eigenvalue weighted by atomic mass is 32.1. The second kappa shape index (κ2) is 9.54. The van der Waals surface area contributed by atoms with E-state index in [0.29, 0.717) is 31.7 Å². The Morgan fingerprint density at radius 3 is 2.47 bits per heavy atom. The predicted molar refractivity (Wildman–Crippen MR) is 115 cm³/mol. The monoisotopic (exact) mass is 421 g/mol. The van der Waals surface area contributed by atoms with Crippen molar-refractivity contribution in [2.45, 2.75) is 18.9 Å². The van der Waals surface area contributed by atoms with Gasteiger partial charge in [-0.3, -0.25) is 9.78 Å². The quantitative estimate of drug-likeness (QED) is 0.668. The number of rotatable bonds is 5. The number of aromatic nitrogens is 1. The molecule has 0 spiro atoms. The predicted octanol–water partition coefficient (Wildman–Crippen LogP) is 4.26. The van der Waals surface area contributed by atoms with E-state index < -0.39 is 0 Å². The molecule has 2 aromatic heterocycles. The topological polar surface area (TPSA) is 71.5 Å². The number of likely N-dealkylation sites (tertiary alicyclic amines) is 1. The summed E-state index contributed by atoms with van der Waals surface area (Å²) in [5, 5.41) is 5.16. The van der Waals surface area contributed by atoms with Crippen LogP contribution in [0.4, 0.5) is 4.79 Å². The van der Waals surface area contributed by atoms with Gasteiger partial charge in [-0.05, 0) is 48.6 Å². The minimum absolute atomic E-state index is 0.00451. The molecule has 1 unspecified atom stereocenters. The summed E-state index contributed by atoms with van der Waals surface area (Å²) in [4.78, 5) is 32.5. The van der Waals surface area contributed by atoms with Crippen LogP contribution in [0.15, 0.2) is 72.2 Å². The van der Waals surface area contributed by atoms with Gasteiger partial charge in [-0.15, -0.1) is 11.3 Å². The molecule has 1 fully saturated rings. The fourth-order valence-electron chi connectivity index (χ4n) is 3.53. The van der Waals surface area contributed by atoms with Gasteiger partial charge in [0.2, 0.25) is 5.91 Å². The van der Waals surface area contributed by atoms with Crippen molar-refractivity contribution in [3.63, 3.8) is 0 Å². The zero-order chi connectivity index (χ0) is 20.8. The molecule has 2 amide bonds. The lowest BCUT2D eigenvalue weighted by molar-refractivity contribution is -0.126. The summed E-state index contributed by atoms with van der Waals surface area (Å²) < 4.78 is 5.40. The van der Waals surface area contributed by atoms with Crippen LogP contribution in [0.3, 0.4) is 0 Å². The zero-order valence-corrected chi connectivity index (χ0v) is 17.3. The molecule has 154 valence electrons. The summed E-state index contributed by atoms with van der Waals surface area (Å²) in [7, 11) is 0. The molecule has 3 heterocycles. The van der Waals surface area contributed by atoms with Crippen LogP contribution < -0.4 is 10.1 Å². The van der Waals surface area contributed by atoms with Gasteiger partial charge in [0.05, 0.1) is 5.69 Å². The lowest BCUT2D eigenvalue weighted by atomic mass is 9.95. The van der Waals surface area contributed by atoms with Crippen LogP contribution in [-0.2, 0) is 4.79 Å². The molecular formula is C23H23N3O3S. The lowest BCUT2D eigenvalue weighted by Crippen LogP contribution is -2.44. The Bertz CT molecular complexity index is 956. The van der Waals surface area contributed by atoms with Gasteiger partial charge in [-0.25, -0.2) is 4.79 Å². The van der Waals surface area contributed by atoms with Crippen LogP contribution in [0.2, 0.25) is 0 Å². The fourth-order valence-corrected chi connectivity index (χ4v) is 4.32. The van der Waals surface area contributed by atoms with Crippen molar-refractivity contribution in [1.82, 2.24) is 15.2 Å². The molecule has 0 radical (unpaired) electrons. The van der Waals surface area contributed by atoms with E-state index in [-0.39, 0.29) is 24.0 Å². The van der Waals surface area contributed by atoms with Crippen molar-refractivity contribution in [1.29, 1.82) is 0 Å². The zero-order valence-electron chi connectivity index (χ0n) is 16.4. The van der Waals surface area contributed by atoms with Crippen LogP contribution in [0.25, 0.3) is 0 Å². The van der Waals surface area contributed by atoms with Gasteiger partial charge in [-0.1, -0.05) is 30.3 Å². The molecule has 1 saturated heterocycles. The first-order valence-corrected chi connectivity index (χ1v) is 10.8. The van der Waals surface area contributed by atoms with Crippen LogP contribution in [0.5, 0.6) is 5.75 Å². The van der Waals surface area contributed by atoms with Crippen molar-refractivity contribution in [3.8, 4) is 5.75 Å². The van der Waals surface area contributed by atoms with Gasteiger partial charge in [0, 0.05) is 30.1 Å². The number of pyridine rings is 1. The summed E-state index contributed by atoms with van der Waals surface area (Å²) in [6.45, 7) is 0.994. The number of ether oxygens (including phenoxy) is 1. The Morgan fingerprint density at radius 1 is 1.03 bits per heavy atom. The average Bonchev–Trinajstić information content (AvgIpc) is 3.33. The van der Waals surface area contributed by atoms with Crippen LogP contribution in [-0.4, -0.2) is 35.0 Å². The number of nitrogens with zero attached hydrogens (tertiary/aromatic N) is 2. The second-order valence-corrected chi connectivity index (χ2v) is 8.13. The Morgan fingerprint density at radius 2 is 1.80 bits per heavy atom. The van der Waals surface area contributed by atoms with Crippen molar-refractivity contribution in [2.75, 3.05) is 13.1 Å². The Balaban J connectivity index is 1.35. The molecule has 1 aliphatic heterocycles. The maximum atomic E-state index is 13.0. The van der Waals surface area contributed by atoms with E-state index >= 15 is 0 Å². The van der Waals surface area contributed by atoms with Crippen molar-refractivity contribution < 1.29 is 14.3 Å². The van der Waals surface area contributed by atoms with Gasteiger partial charge in [-0.2, -0.15) is 0 Å². The largest absolute Gasteiger partial charge is 0.415 e. The summed E-state index contributed by atoms with van der Waals surface area (Å²) in [6, 6.07) is 18.4. The highest BCUT2D eigenvalue weighted by molar-refractivity contribution is 7.10. The molecule has 0 saturated carbocycles. The standard InChI is InChI=1S/C23H23N3O3S/c27-22(25-21(20-10-6-16-30-20)19-9-4-5-13-24-19)17-11-14-26(15-12-17)23(28)29-18-7-2-1-3-8-18/h1-10,13,16-17,21H,11-12,14-15H2,(H,25,27). The van der Waals surface area contributed by atoms with E-state index in [1.807, 2.05) is 53.9 Å². The first kappa shape index (κ1) is 20.1. The minimum atomic E-state index is -0.370.